The van der Waals surface area contributed by atoms with Crippen LogP contribution >= 0.6 is 0 Å². The predicted octanol–water partition coefficient (Wildman–Crippen LogP) is 2.34. The molecule has 0 fully saturated rings. The molecule has 0 aliphatic carbocycles. The molecule has 1 radical (unpaired) electrons. The van der Waals surface area contributed by atoms with Gasteiger partial charge in [-0.05, 0) is 24.5 Å². The molecule has 0 amide bonds. The van der Waals surface area contributed by atoms with Crippen molar-refractivity contribution in [3.05, 3.63) is 42.1 Å². The summed E-state index contributed by atoms with van der Waals surface area (Å²) >= 11 is 0. The third-order valence-corrected chi connectivity index (χ3v) is 1.92. The molecule has 2 heteroatoms. The van der Waals surface area contributed by atoms with Gasteiger partial charge in [0, 0.05) is 6.42 Å². The van der Waals surface area contributed by atoms with Gasteiger partial charge in [0.25, 0.3) is 0 Å². The normalized spacial score (nSPS) is 12.8. The van der Waals surface area contributed by atoms with E-state index in [1.54, 1.807) is 18.2 Å². The van der Waals surface area contributed by atoms with Crippen molar-refractivity contribution < 1.29 is 9.50 Å². The summed E-state index contributed by atoms with van der Waals surface area (Å²) in [6.07, 6.45) is 2.40. The average Bonchev–Trinajstić information content (AvgIpc) is 2.09. The van der Waals surface area contributed by atoms with Crippen LogP contribution in [0.15, 0.2) is 24.3 Å². The van der Waals surface area contributed by atoms with Crippen LogP contribution in [0.3, 0.4) is 0 Å². The lowest BCUT2D eigenvalue weighted by molar-refractivity contribution is 0.173. The Kier molecular flexibility index (Phi) is 3.90. The van der Waals surface area contributed by atoms with Crippen LogP contribution in [0.4, 0.5) is 4.39 Å². The molecular weight excluding hydrogens is 167 g/mol. The molecule has 1 unspecified atom stereocenters. The van der Waals surface area contributed by atoms with Gasteiger partial charge in [-0.2, -0.15) is 0 Å². The lowest BCUT2D eigenvalue weighted by atomic mass is 10.0. The third kappa shape index (κ3) is 3.15. The number of aliphatic hydroxyl groups excluding tert-OH is 1. The summed E-state index contributed by atoms with van der Waals surface area (Å²) in [5.41, 5.74) is 0.580. The van der Waals surface area contributed by atoms with Gasteiger partial charge in [0.1, 0.15) is 5.82 Å². The number of hydrogen-bond acceptors (Lipinski definition) is 1. The second kappa shape index (κ2) is 4.97. The first-order valence-electron chi connectivity index (χ1n) is 4.43. The highest BCUT2D eigenvalue weighted by atomic mass is 19.1. The minimum atomic E-state index is -0.470. The van der Waals surface area contributed by atoms with Gasteiger partial charge in [0.15, 0.2) is 0 Å². The van der Waals surface area contributed by atoms with Gasteiger partial charge in [-0.1, -0.05) is 25.1 Å². The largest absolute Gasteiger partial charge is 0.393 e. The van der Waals surface area contributed by atoms with Crippen molar-refractivity contribution in [2.24, 2.45) is 0 Å². The molecule has 0 bridgehead atoms. The zero-order chi connectivity index (χ0) is 9.68. The molecule has 0 spiro atoms. The van der Waals surface area contributed by atoms with E-state index in [1.807, 2.05) is 13.3 Å². The van der Waals surface area contributed by atoms with Crippen LogP contribution in [-0.2, 0) is 6.42 Å². The van der Waals surface area contributed by atoms with Crippen molar-refractivity contribution in [2.75, 3.05) is 0 Å². The Morgan fingerprint density at radius 2 is 2.15 bits per heavy atom. The van der Waals surface area contributed by atoms with Gasteiger partial charge in [-0.25, -0.2) is 4.39 Å². The van der Waals surface area contributed by atoms with Crippen LogP contribution in [-0.4, -0.2) is 11.2 Å². The maximum atomic E-state index is 13.1. The number of rotatable bonds is 4. The maximum Gasteiger partial charge on any atom is 0.126 e. The Bertz CT molecular complexity index is 260. The Labute approximate surface area is 78.2 Å². The number of halogens is 1. The van der Waals surface area contributed by atoms with Crippen molar-refractivity contribution in [3.8, 4) is 0 Å². The fourth-order valence-electron chi connectivity index (χ4n) is 1.27. The van der Waals surface area contributed by atoms with Crippen molar-refractivity contribution >= 4 is 0 Å². The van der Waals surface area contributed by atoms with E-state index in [-0.39, 0.29) is 5.82 Å². The van der Waals surface area contributed by atoms with E-state index in [2.05, 4.69) is 0 Å². The molecule has 71 valence electrons. The first-order valence-corrected chi connectivity index (χ1v) is 4.43. The molecule has 1 aromatic rings. The van der Waals surface area contributed by atoms with Gasteiger partial charge in [-0.3, -0.25) is 0 Å². The first-order chi connectivity index (χ1) is 6.24. The topological polar surface area (TPSA) is 20.2 Å². The fraction of sp³-hybridized carbons (Fsp3) is 0.364. The van der Waals surface area contributed by atoms with Crippen LogP contribution < -0.4 is 0 Å². The number of hydrogen-bond donors (Lipinski definition) is 1. The summed E-state index contributed by atoms with van der Waals surface area (Å²) in [5, 5.41) is 9.43. The van der Waals surface area contributed by atoms with Crippen LogP contribution in [0.1, 0.15) is 18.9 Å². The molecule has 1 N–H and O–H groups in total. The van der Waals surface area contributed by atoms with Gasteiger partial charge in [0.05, 0.1) is 6.10 Å². The smallest absolute Gasteiger partial charge is 0.126 e. The highest BCUT2D eigenvalue weighted by Crippen LogP contribution is 2.10. The maximum absolute atomic E-state index is 13.1. The Morgan fingerprint density at radius 1 is 1.46 bits per heavy atom. The van der Waals surface area contributed by atoms with E-state index in [0.717, 1.165) is 0 Å². The lowest BCUT2D eigenvalue weighted by Gasteiger charge is -2.09. The molecule has 13 heavy (non-hydrogen) atoms. The van der Waals surface area contributed by atoms with E-state index in [4.69, 9.17) is 0 Å². The zero-order valence-electron chi connectivity index (χ0n) is 7.70. The van der Waals surface area contributed by atoms with Crippen LogP contribution in [0.25, 0.3) is 0 Å². The summed E-state index contributed by atoms with van der Waals surface area (Å²) in [6, 6.07) is 6.55. The van der Waals surface area contributed by atoms with Crippen molar-refractivity contribution in [1.29, 1.82) is 0 Å². The number of benzene rings is 1. The van der Waals surface area contributed by atoms with E-state index in [0.29, 0.717) is 18.4 Å². The van der Waals surface area contributed by atoms with Gasteiger partial charge in [0.2, 0.25) is 0 Å². The highest BCUT2D eigenvalue weighted by molar-refractivity contribution is 5.18. The summed E-state index contributed by atoms with van der Waals surface area (Å²) in [7, 11) is 0. The molecule has 1 atom stereocenters. The molecule has 0 aromatic heterocycles. The van der Waals surface area contributed by atoms with E-state index in [1.165, 1.54) is 6.07 Å². The van der Waals surface area contributed by atoms with Crippen LogP contribution in [0.5, 0.6) is 0 Å². The SMILES string of the molecule is C[CH]CC(O)Cc1ccccc1F. The second-order valence-corrected chi connectivity index (χ2v) is 3.09. The van der Waals surface area contributed by atoms with E-state index < -0.39 is 6.10 Å². The van der Waals surface area contributed by atoms with E-state index >= 15 is 0 Å². The van der Waals surface area contributed by atoms with Crippen LogP contribution in [0.2, 0.25) is 0 Å². The molecule has 0 heterocycles. The summed E-state index contributed by atoms with van der Waals surface area (Å²) in [5.74, 6) is -0.238. The molecule has 1 aromatic carbocycles. The highest BCUT2D eigenvalue weighted by Gasteiger charge is 2.07. The third-order valence-electron chi connectivity index (χ3n) is 1.92. The fourth-order valence-corrected chi connectivity index (χ4v) is 1.27. The minimum absolute atomic E-state index is 0.238. The Hall–Kier alpha value is -0.890. The predicted molar refractivity (Wildman–Crippen MR) is 50.7 cm³/mol. The molecule has 0 aliphatic rings. The van der Waals surface area contributed by atoms with Gasteiger partial charge < -0.3 is 5.11 Å². The molecule has 0 saturated carbocycles. The first kappa shape index (κ1) is 10.2. The van der Waals surface area contributed by atoms with Gasteiger partial charge in [-0.15, -0.1) is 0 Å². The van der Waals surface area contributed by atoms with E-state index in [9.17, 15) is 9.50 Å². The van der Waals surface area contributed by atoms with Gasteiger partial charge >= 0.3 is 0 Å². The minimum Gasteiger partial charge on any atom is -0.393 e. The summed E-state index contributed by atoms with van der Waals surface area (Å²) in [6.45, 7) is 1.88. The zero-order valence-corrected chi connectivity index (χ0v) is 7.70. The molecular formula is C11H14FO. The molecule has 1 nitrogen and oxygen atoms in total. The monoisotopic (exact) mass is 181 g/mol. The summed E-state index contributed by atoms with van der Waals surface area (Å²) in [4.78, 5) is 0. The molecule has 1 rings (SSSR count). The summed E-state index contributed by atoms with van der Waals surface area (Å²) < 4.78 is 13.1. The quantitative estimate of drug-likeness (QED) is 0.756. The lowest BCUT2D eigenvalue weighted by Crippen LogP contribution is -2.10. The number of aliphatic hydroxyl groups is 1. The Morgan fingerprint density at radius 3 is 2.77 bits per heavy atom. The Balaban J connectivity index is 2.58. The molecule has 0 saturated heterocycles. The van der Waals surface area contributed by atoms with Crippen molar-refractivity contribution in [1.82, 2.24) is 0 Å². The standard InChI is InChI=1S/C11H14FO/c1-2-5-10(13)8-9-6-3-4-7-11(9)12/h2-4,6-7,10,13H,5,8H2,1H3. The van der Waals surface area contributed by atoms with Crippen molar-refractivity contribution in [2.45, 2.75) is 25.9 Å². The average molecular weight is 181 g/mol. The van der Waals surface area contributed by atoms with Crippen molar-refractivity contribution in [3.63, 3.8) is 0 Å². The second-order valence-electron chi connectivity index (χ2n) is 3.09. The van der Waals surface area contributed by atoms with Crippen LogP contribution in [0, 0.1) is 12.2 Å². The molecule has 0 aliphatic heterocycles.